The molecule has 0 aliphatic heterocycles. The van der Waals surface area contributed by atoms with E-state index in [4.69, 9.17) is 18.9 Å². The molecule has 30 heavy (non-hydrogen) atoms. The summed E-state index contributed by atoms with van der Waals surface area (Å²) in [6, 6.07) is 16.0. The molecule has 0 radical (unpaired) electrons. The van der Waals surface area contributed by atoms with Gasteiger partial charge in [-0.05, 0) is 49.1 Å². The molecule has 0 saturated carbocycles. The van der Waals surface area contributed by atoms with E-state index in [9.17, 15) is 0 Å². The molecule has 1 aromatic heterocycles. The van der Waals surface area contributed by atoms with Gasteiger partial charge in [-0.15, -0.1) is 0 Å². The molecule has 2 aromatic carbocycles. The summed E-state index contributed by atoms with van der Waals surface area (Å²) in [5.41, 5.74) is 2.25. The topological polar surface area (TPSA) is 54.7 Å². The number of aryl methyl sites for hydroxylation is 2. The molecule has 3 rings (SSSR count). The van der Waals surface area contributed by atoms with Crippen LogP contribution < -0.4 is 9.47 Å². The predicted molar refractivity (Wildman–Crippen MR) is 116 cm³/mol. The first-order valence-corrected chi connectivity index (χ1v) is 10.2. The lowest BCUT2D eigenvalue weighted by atomic mass is 10.1. The zero-order valence-corrected chi connectivity index (χ0v) is 17.7. The average molecular weight is 411 g/mol. The van der Waals surface area contributed by atoms with E-state index < -0.39 is 6.29 Å². The zero-order chi connectivity index (χ0) is 21.0. The summed E-state index contributed by atoms with van der Waals surface area (Å²) in [5.74, 6) is 1.69. The second kappa shape index (κ2) is 12.0. The smallest absolute Gasteiger partial charge is 0.183 e. The van der Waals surface area contributed by atoms with Gasteiger partial charge in [0.2, 0.25) is 0 Å². The Balaban J connectivity index is 1.48. The first kappa shape index (κ1) is 21.9. The fourth-order valence-corrected chi connectivity index (χ4v) is 3.12. The molecule has 0 aliphatic carbocycles. The minimum Gasteiger partial charge on any atom is -0.497 e. The fourth-order valence-electron chi connectivity index (χ4n) is 3.12. The van der Waals surface area contributed by atoms with Crippen LogP contribution in [0.5, 0.6) is 11.5 Å². The van der Waals surface area contributed by atoms with Crippen molar-refractivity contribution < 1.29 is 18.9 Å². The Bertz CT molecular complexity index is 833. The highest BCUT2D eigenvalue weighted by atomic mass is 16.7. The van der Waals surface area contributed by atoms with Crippen molar-refractivity contribution in [1.29, 1.82) is 0 Å². The summed E-state index contributed by atoms with van der Waals surface area (Å²) in [6.07, 6.45) is 7.91. The van der Waals surface area contributed by atoms with Crippen molar-refractivity contribution in [2.75, 3.05) is 27.4 Å². The molecule has 0 spiro atoms. The van der Waals surface area contributed by atoms with E-state index in [1.807, 2.05) is 53.5 Å². The highest BCUT2D eigenvalue weighted by Gasteiger charge is 2.13. The van der Waals surface area contributed by atoms with Crippen LogP contribution in [0.4, 0.5) is 0 Å². The normalized spacial score (nSPS) is 11.9. The number of aromatic nitrogens is 2. The summed E-state index contributed by atoms with van der Waals surface area (Å²) in [7, 11) is 3.34. The Morgan fingerprint density at radius 3 is 2.07 bits per heavy atom. The molecule has 3 aromatic rings. The van der Waals surface area contributed by atoms with Crippen LogP contribution in [0, 0.1) is 0 Å². The summed E-state index contributed by atoms with van der Waals surface area (Å²) >= 11 is 0. The lowest BCUT2D eigenvalue weighted by Crippen LogP contribution is -2.12. The van der Waals surface area contributed by atoms with E-state index >= 15 is 0 Å². The second-order valence-electron chi connectivity index (χ2n) is 6.95. The fraction of sp³-hybridized carbons (Fsp3) is 0.375. The largest absolute Gasteiger partial charge is 0.497 e. The standard InChI is InChI=1S/C24H30N2O4/c1-27-22-10-6-20(7-11-22)5-3-17-29-24(21-8-12-23(28-2)13-9-21)30-18-4-15-26-16-14-25-19-26/h6-14,16,19,24H,3-5,15,17-18H2,1-2H3. The number of nitrogens with zero attached hydrogens (tertiary/aromatic N) is 2. The van der Waals surface area contributed by atoms with Gasteiger partial charge < -0.3 is 23.5 Å². The molecule has 1 unspecified atom stereocenters. The van der Waals surface area contributed by atoms with Gasteiger partial charge >= 0.3 is 0 Å². The van der Waals surface area contributed by atoms with Gasteiger partial charge in [0.05, 0.1) is 33.8 Å². The van der Waals surface area contributed by atoms with E-state index in [0.29, 0.717) is 13.2 Å². The quantitative estimate of drug-likeness (QED) is 0.303. The van der Waals surface area contributed by atoms with Crippen LogP contribution in [-0.2, 0) is 22.4 Å². The van der Waals surface area contributed by atoms with Gasteiger partial charge in [-0.3, -0.25) is 0 Å². The molecule has 0 aliphatic rings. The zero-order valence-electron chi connectivity index (χ0n) is 17.7. The Morgan fingerprint density at radius 2 is 1.47 bits per heavy atom. The molecule has 0 saturated heterocycles. The maximum atomic E-state index is 6.10. The van der Waals surface area contributed by atoms with Crippen LogP contribution in [-0.4, -0.2) is 37.0 Å². The average Bonchev–Trinajstić information content (AvgIpc) is 3.32. The highest BCUT2D eigenvalue weighted by molar-refractivity contribution is 5.28. The molecule has 1 heterocycles. The number of hydrogen-bond acceptors (Lipinski definition) is 5. The lowest BCUT2D eigenvalue weighted by molar-refractivity contribution is -0.148. The van der Waals surface area contributed by atoms with Gasteiger partial charge in [0.15, 0.2) is 6.29 Å². The van der Waals surface area contributed by atoms with Gasteiger partial charge in [0.25, 0.3) is 0 Å². The molecule has 0 N–H and O–H groups in total. The van der Waals surface area contributed by atoms with Crippen molar-refractivity contribution in [2.45, 2.75) is 32.1 Å². The predicted octanol–water partition coefficient (Wildman–Crippen LogP) is 4.66. The molecule has 6 heteroatoms. The Kier molecular flexibility index (Phi) is 8.75. The van der Waals surface area contributed by atoms with Crippen molar-refractivity contribution in [2.24, 2.45) is 0 Å². The first-order valence-electron chi connectivity index (χ1n) is 10.2. The summed E-state index contributed by atoms with van der Waals surface area (Å²) < 4.78 is 24.7. The van der Waals surface area contributed by atoms with Crippen molar-refractivity contribution in [1.82, 2.24) is 9.55 Å². The maximum Gasteiger partial charge on any atom is 0.183 e. The number of hydrogen-bond donors (Lipinski definition) is 0. The number of methoxy groups -OCH3 is 2. The molecule has 0 bridgehead atoms. The molecular weight excluding hydrogens is 380 g/mol. The number of imidazole rings is 1. The molecule has 6 nitrogen and oxygen atoms in total. The van der Waals surface area contributed by atoms with E-state index in [-0.39, 0.29) is 0 Å². The molecule has 160 valence electrons. The van der Waals surface area contributed by atoms with E-state index in [1.54, 1.807) is 20.4 Å². The Morgan fingerprint density at radius 1 is 0.833 bits per heavy atom. The van der Waals surface area contributed by atoms with Crippen molar-refractivity contribution in [3.8, 4) is 11.5 Å². The van der Waals surface area contributed by atoms with E-state index in [2.05, 4.69) is 17.1 Å². The number of benzene rings is 2. The summed E-state index contributed by atoms with van der Waals surface area (Å²) in [4.78, 5) is 4.06. The summed E-state index contributed by atoms with van der Waals surface area (Å²) in [6.45, 7) is 2.09. The highest BCUT2D eigenvalue weighted by Crippen LogP contribution is 2.23. The van der Waals surface area contributed by atoms with Crippen molar-refractivity contribution in [3.05, 3.63) is 78.4 Å². The number of ether oxygens (including phenoxy) is 4. The van der Waals surface area contributed by atoms with Crippen LogP contribution in [0.3, 0.4) is 0 Å². The van der Waals surface area contributed by atoms with Gasteiger partial charge in [0, 0.05) is 24.5 Å². The molecular formula is C24H30N2O4. The lowest BCUT2D eigenvalue weighted by Gasteiger charge is -2.19. The van der Waals surface area contributed by atoms with Crippen molar-refractivity contribution >= 4 is 0 Å². The van der Waals surface area contributed by atoms with Crippen LogP contribution >= 0.6 is 0 Å². The first-order chi connectivity index (χ1) is 14.8. The summed E-state index contributed by atoms with van der Waals surface area (Å²) in [5, 5.41) is 0. The van der Waals surface area contributed by atoms with Gasteiger partial charge in [-0.1, -0.05) is 24.3 Å². The molecule has 1 atom stereocenters. The third kappa shape index (κ3) is 6.90. The minimum absolute atomic E-state index is 0.394. The van der Waals surface area contributed by atoms with Gasteiger partial charge in [0.1, 0.15) is 11.5 Å². The maximum absolute atomic E-state index is 6.10. The van der Waals surface area contributed by atoms with Gasteiger partial charge in [-0.25, -0.2) is 4.98 Å². The van der Waals surface area contributed by atoms with Crippen LogP contribution in [0.15, 0.2) is 67.3 Å². The van der Waals surface area contributed by atoms with E-state index in [1.165, 1.54) is 5.56 Å². The monoisotopic (exact) mass is 410 g/mol. The van der Waals surface area contributed by atoms with Crippen LogP contribution in [0.25, 0.3) is 0 Å². The Labute approximate surface area is 178 Å². The Hall–Kier alpha value is -2.83. The molecule has 0 fully saturated rings. The van der Waals surface area contributed by atoms with Crippen molar-refractivity contribution in [3.63, 3.8) is 0 Å². The number of rotatable bonds is 13. The van der Waals surface area contributed by atoms with Gasteiger partial charge in [-0.2, -0.15) is 0 Å². The molecule has 0 amide bonds. The third-order valence-corrected chi connectivity index (χ3v) is 4.82. The SMILES string of the molecule is COc1ccc(CCCOC(OCCCn2ccnc2)c2ccc(OC)cc2)cc1. The van der Waals surface area contributed by atoms with Crippen LogP contribution in [0.1, 0.15) is 30.3 Å². The second-order valence-corrected chi connectivity index (χ2v) is 6.95. The third-order valence-electron chi connectivity index (χ3n) is 4.82. The minimum atomic E-state index is -0.394. The van der Waals surface area contributed by atoms with E-state index in [0.717, 1.165) is 42.9 Å². The van der Waals surface area contributed by atoms with Crippen LogP contribution in [0.2, 0.25) is 0 Å².